The van der Waals surface area contributed by atoms with Crippen LogP contribution in [0.2, 0.25) is 5.02 Å². The van der Waals surface area contributed by atoms with Crippen molar-refractivity contribution in [1.82, 2.24) is 4.98 Å². The van der Waals surface area contributed by atoms with E-state index in [9.17, 15) is 14.4 Å². The van der Waals surface area contributed by atoms with Gasteiger partial charge in [0.15, 0.2) is 5.92 Å². The lowest BCUT2D eigenvalue weighted by Crippen LogP contribution is -2.55. The Hall–Kier alpha value is -3.65. The molecule has 4 rings (SSSR count). The quantitative estimate of drug-likeness (QED) is 0.557. The maximum Gasteiger partial charge on any atom is 0.452 e. The Morgan fingerprint density at radius 2 is 2.00 bits per heavy atom. The standard InChI is InChI=1S/C21H16ClN4O4/c1-30-20(28)16-5-3-11-24-18(16)26-19(27)15-4-2-10-23-17(15)25(21(26)29)12-13-6-8-14(22)9-7-13/h2-11,15H,12H2,1H3/q+1. The molecule has 3 amide bonds. The Kier molecular flexibility index (Phi) is 5.24. The van der Waals surface area contributed by atoms with E-state index in [1.807, 2.05) is 0 Å². The number of esters is 1. The second kappa shape index (κ2) is 8.00. The lowest BCUT2D eigenvalue weighted by molar-refractivity contribution is -0.447. The Morgan fingerprint density at radius 1 is 1.23 bits per heavy atom. The number of aliphatic imine (C=N–C) groups is 1. The molecule has 0 spiro atoms. The van der Waals surface area contributed by atoms with E-state index >= 15 is 0 Å². The molecular weight excluding hydrogens is 408 g/mol. The van der Waals surface area contributed by atoms with Crippen molar-refractivity contribution in [3.05, 3.63) is 70.9 Å². The van der Waals surface area contributed by atoms with E-state index in [1.54, 1.807) is 36.4 Å². The minimum atomic E-state index is -0.785. The first-order valence-electron chi connectivity index (χ1n) is 9.02. The number of dihydropyridines is 1. The fourth-order valence-corrected chi connectivity index (χ4v) is 3.42. The molecule has 0 saturated carbocycles. The highest BCUT2D eigenvalue weighted by atomic mass is 35.5. The molecule has 0 N–H and O–H groups in total. The van der Waals surface area contributed by atoms with Crippen molar-refractivity contribution in [3.8, 4) is 0 Å². The number of ether oxygens (including phenoxy) is 1. The van der Waals surface area contributed by atoms with Crippen LogP contribution in [0.1, 0.15) is 15.9 Å². The number of hydrogen-bond donors (Lipinski definition) is 0. The van der Waals surface area contributed by atoms with Crippen molar-refractivity contribution in [2.24, 2.45) is 10.9 Å². The molecule has 3 heterocycles. The fourth-order valence-electron chi connectivity index (χ4n) is 3.29. The summed E-state index contributed by atoms with van der Waals surface area (Å²) >= 11 is 5.95. The summed E-state index contributed by atoms with van der Waals surface area (Å²) in [6, 6.07) is 9.33. The van der Waals surface area contributed by atoms with Crippen LogP contribution in [0.15, 0.2) is 59.7 Å². The summed E-state index contributed by atoms with van der Waals surface area (Å²) in [5.74, 6) is -1.79. The number of amidine groups is 1. The van der Waals surface area contributed by atoms with Crippen molar-refractivity contribution in [2.75, 3.05) is 12.0 Å². The van der Waals surface area contributed by atoms with E-state index in [0.717, 1.165) is 10.5 Å². The van der Waals surface area contributed by atoms with Gasteiger partial charge in [-0.3, -0.25) is 4.79 Å². The van der Waals surface area contributed by atoms with Gasteiger partial charge in [-0.25, -0.2) is 14.6 Å². The smallest absolute Gasteiger partial charge is 0.452 e. The van der Waals surface area contributed by atoms with E-state index in [4.69, 9.17) is 16.3 Å². The highest BCUT2D eigenvalue weighted by molar-refractivity contribution is 6.30. The van der Waals surface area contributed by atoms with Gasteiger partial charge in [-0.05, 0) is 35.9 Å². The maximum absolute atomic E-state index is 13.4. The van der Waals surface area contributed by atoms with Crippen molar-refractivity contribution in [3.63, 3.8) is 0 Å². The van der Waals surface area contributed by atoms with Crippen LogP contribution in [0.5, 0.6) is 0 Å². The Labute approximate surface area is 176 Å². The second-order valence-corrected chi connectivity index (χ2v) is 6.97. The van der Waals surface area contributed by atoms with Crippen LogP contribution in [0.3, 0.4) is 0 Å². The largest absolute Gasteiger partial charge is 0.465 e. The number of anilines is 1. The molecule has 0 radical (unpaired) electrons. The van der Waals surface area contributed by atoms with Gasteiger partial charge in [0.1, 0.15) is 18.3 Å². The molecular formula is C21H16ClN4O4+. The summed E-state index contributed by atoms with van der Waals surface area (Å²) in [5, 5.41) is 0.570. The molecule has 2 aliphatic rings. The number of allylic oxidation sites excluding steroid dienone is 1. The number of carbonyl (C=O) groups is 3. The fraction of sp³-hybridized carbons (Fsp3) is 0.143. The molecule has 1 atom stereocenters. The van der Waals surface area contributed by atoms with Gasteiger partial charge in [0.05, 0.1) is 7.11 Å². The monoisotopic (exact) mass is 423 g/mol. The SMILES string of the molecule is COC(=O)c1cccnc1N1C(=O)C2C=CC=NC2=[N+](Cc2ccc(Cl)cc2)C1=O. The zero-order valence-electron chi connectivity index (χ0n) is 15.9. The van der Waals surface area contributed by atoms with Crippen LogP contribution in [0, 0.1) is 5.92 Å². The average molecular weight is 424 g/mol. The number of halogens is 1. The predicted molar refractivity (Wildman–Crippen MR) is 110 cm³/mol. The summed E-state index contributed by atoms with van der Waals surface area (Å²) in [6.45, 7) is 0.164. The first kappa shape index (κ1) is 19.7. The number of benzene rings is 1. The summed E-state index contributed by atoms with van der Waals surface area (Å²) in [6.07, 6.45) is 6.22. The van der Waals surface area contributed by atoms with Gasteiger partial charge in [0.2, 0.25) is 5.82 Å². The number of nitrogens with zero attached hydrogens (tertiary/aromatic N) is 4. The Balaban J connectivity index is 1.83. The van der Waals surface area contributed by atoms with Gasteiger partial charge in [0, 0.05) is 11.2 Å². The number of urea groups is 1. The molecule has 30 heavy (non-hydrogen) atoms. The molecule has 1 aromatic carbocycles. The number of fused-ring (bicyclic) bond motifs is 1. The normalized spacial score (nSPS) is 17.9. The molecule has 0 aliphatic carbocycles. The number of carbonyl (C=O) groups excluding carboxylic acids is 3. The van der Waals surface area contributed by atoms with Crippen LogP contribution < -0.4 is 4.90 Å². The van der Waals surface area contributed by atoms with E-state index in [0.29, 0.717) is 10.9 Å². The van der Waals surface area contributed by atoms with Crippen LogP contribution in [-0.4, -0.2) is 46.6 Å². The number of imide groups is 1. The molecule has 150 valence electrons. The second-order valence-electron chi connectivity index (χ2n) is 6.53. The molecule has 9 heteroatoms. The Morgan fingerprint density at radius 3 is 2.73 bits per heavy atom. The van der Waals surface area contributed by atoms with Crippen LogP contribution in [-0.2, 0) is 16.1 Å². The summed E-state index contributed by atoms with van der Waals surface area (Å²) in [7, 11) is 1.22. The van der Waals surface area contributed by atoms with Crippen molar-refractivity contribution in [1.29, 1.82) is 0 Å². The summed E-state index contributed by atoms with van der Waals surface area (Å²) in [5.41, 5.74) is 0.812. The first-order chi connectivity index (χ1) is 14.5. The summed E-state index contributed by atoms with van der Waals surface area (Å²) < 4.78 is 6.18. The number of rotatable bonds is 4. The minimum absolute atomic E-state index is 0.0138. The van der Waals surface area contributed by atoms with Gasteiger partial charge in [-0.1, -0.05) is 29.8 Å². The number of hydrogen-bond acceptors (Lipinski definition) is 6. The minimum Gasteiger partial charge on any atom is -0.465 e. The first-order valence-corrected chi connectivity index (χ1v) is 9.40. The molecule has 0 saturated heterocycles. The van der Waals surface area contributed by atoms with E-state index in [1.165, 1.54) is 36.2 Å². The molecule has 1 aromatic heterocycles. The lowest BCUT2D eigenvalue weighted by atomic mass is 10.0. The third-order valence-electron chi connectivity index (χ3n) is 4.72. The highest BCUT2D eigenvalue weighted by Crippen LogP contribution is 2.27. The maximum atomic E-state index is 13.4. The van der Waals surface area contributed by atoms with Crippen molar-refractivity contribution in [2.45, 2.75) is 6.54 Å². The molecule has 2 aromatic rings. The van der Waals surface area contributed by atoms with Crippen molar-refractivity contribution >= 4 is 47.4 Å². The van der Waals surface area contributed by atoms with Gasteiger partial charge in [-0.15, -0.1) is 9.89 Å². The zero-order chi connectivity index (χ0) is 21.3. The molecule has 0 bridgehead atoms. The van der Waals surface area contributed by atoms with Gasteiger partial charge in [-0.2, -0.15) is 4.58 Å². The molecule has 8 nitrogen and oxygen atoms in total. The van der Waals surface area contributed by atoms with Crippen molar-refractivity contribution < 1.29 is 23.7 Å². The molecule has 1 unspecified atom stereocenters. The lowest BCUT2D eigenvalue weighted by Gasteiger charge is -2.27. The topological polar surface area (TPSA) is 91.9 Å². The number of aromatic nitrogens is 1. The van der Waals surface area contributed by atoms with Crippen LogP contribution in [0.4, 0.5) is 10.6 Å². The third-order valence-corrected chi connectivity index (χ3v) is 4.97. The molecule has 0 fully saturated rings. The number of amides is 3. The third kappa shape index (κ3) is 3.42. The zero-order valence-corrected chi connectivity index (χ0v) is 16.6. The average Bonchev–Trinajstić information content (AvgIpc) is 2.78. The van der Waals surface area contributed by atoms with Gasteiger partial charge >= 0.3 is 17.9 Å². The van der Waals surface area contributed by atoms with Gasteiger partial charge in [0.25, 0.3) is 5.84 Å². The number of pyridine rings is 1. The van der Waals surface area contributed by atoms with Crippen LogP contribution >= 0.6 is 11.6 Å². The van der Waals surface area contributed by atoms with E-state index in [2.05, 4.69) is 9.98 Å². The van der Waals surface area contributed by atoms with E-state index < -0.39 is 23.8 Å². The van der Waals surface area contributed by atoms with Gasteiger partial charge < -0.3 is 4.74 Å². The molecule has 2 aliphatic heterocycles. The predicted octanol–water partition coefficient (Wildman–Crippen LogP) is 2.86. The number of methoxy groups -OCH3 is 1. The highest BCUT2D eigenvalue weighted by Gasteiger charge is 2.49. The van der Waals surface area contributed by atoms with Crippen LogP contribution in [0.25, 0.3) is 0 Å². The van der Waals surface area contributed by atoms with E-state index in [-0.39, 0.29) is 17.9 Å². The Bertz CT molecular complexity index is 1140. The summed E-state index contributed by atoms with van der Waals surface area (Å²) in [4.78, 5) is 48.1.